The number of hydrogen-bond donors (Lipinski definition) is 0. The van der Waals surface area contributed by atoms with Gasteiger partial charge in [0.1, 0.15) is 0 Å². The van der Waals surface area contributed by atoms with Gasteiger partial charge in [0.05, 0.1) is 16.7 Å². The molecule has 11 aromatic carbocycles. The van der Waals surface area contributed by atoms with E-state index in [0.29, 0.717) is 0 Å². The van der Waals surface area contributed by atoms with Crippen LogP contribution in [0.15, 0.2) is 255 Å². The lowest BCUT2D eigenvalue weighted by atomic mass is 9.88. The number of hydrogen-bond acceptors (Lipinski definition) is 1. The predicted molar refractivity (Wildman–Crippen MR) is 272 cm³/mol. The van der Waals surface area contributed by atoms with Gasteiger partial charge in [-0.25, -0.2) is 0 Å². The van der Waals surface area contributed by atoms with Crippen molar-refractivity contribution in [2.24, 2.45) is 0 Å². The van der Waals surface area contributed by atoms with Gasteiger partial charge in [-0.1, -0.05) is 194 Å². The highest BCUT2D eigenvalue weighted by Crippen LogP contribution is 2.46. The van der Waals surface area contributed by atoms with Crippen LogP contribution in [0.25, 0.3) is 93.5 Å². The van der Waals surface area contributed by atoms with Gasteiger partial charge in [-0.3, -0.25) is 0 Å². The Balaban J connectivity index is 1.12. The molecular weight excluding hydrogens is 773 g/mol. The Kier molecular flexibility index (Phi) is 9.20. The Hall–Kier alpha value is -8.46. The van der Waals surface area contributed by atoms with E-state index in [0.717, 1.165) is 22.7 Å². The molecule has 0 N–H and O–H groups in total. The topological polar surface area (TPSA) is 8.17 Å². The highest BCUT2D eigenvalue weighted by molar-refractivity contribution is 6.16. The number of rotatable bonds is 8. The smallest absolute Gasteiger partial charge is 0.0541 e. The quantitative estimate of drug-likeness (QED) is 0.139. The summed E-state index contributed by atoms with van der Waals surface area (Å²) in [6, 6.07) is 92.8. The van der Waals surface area contributed by atoms with Gasteiger partial charge in [0.2, 0.25) is 0 Å². The molecule has 1 heterocycles. The molecule has 300 valence electrons. The number of aromatic nitrogens is 1. The fraction of sp³-hybridized carbons (Fsp3) is 0. The summed E-state index contributed by atoms with van der Waals surface area (Å²) in [6.07, 6.45) is 0. The summed E-state index contributed by atoms with van der Waals surface area (Å²) in [4.78, 5) is 2.40. The number of anilines is 3. The third-order valence-electron chi connectivity index (χ3n) is 12.8. The van der Waals surface area contributed by atoms with E-state index in [1.54, 1.807) is 0 Å². The Labute approximate surface area is 373 Å². The van der Waals surface area contributed by atoms with E-state index in [2.05, 4.69) is 264 Å². The van der Waals surface area contributed by atoms with Crippen molar-refractivity contribution >= 4 is 60.4 Å². The van der Waals surface area contributed by atoms with E-state index < -0.39 is 0 Å². The van der Waals surface area contributed by atoms with Crippen molar-refractivity contribution < 1.29 is 0 Å². The third-order valence-corrected chi connectivity index (χ3v) is 12.8. The highest BCUT2D eigenvalue weighted by Gasteiger charge is 2.22. The van der Waals surface area contributed by atoms with E-state index >= 15 is 0 Å². The number of fused-ring (bicyclic) bond motifs is 6. The zero-order chi connectivity index (χ0) is 42.4. The second-order valence-electron chi connectivity index (χ2n) is 16.5. The van der Waals surface area contributed by atoms with Crippen LogP contribution in [0.2, 0.25) is 0 Å². The van der Waals surface area contributed by atoms with Crippen molar-refractivity contribution in [2.45, 2.75) is 0 Å². The standard InChI is InChI=1S/C62H42N2/c1-3-17-43(18-4-1)45-31-35-48(36-32-45)63(49-37-33-46(34-38-49)44-19-5-2-6-20-44)50-39-40-54(59(42-50)58-41-47-21-7-8-22-51(47)52-23-9-10-24-53(52)58)55-25-11-14-28-60(55)64-61-29-15-12-26-56(61)57-27-13-16-30-62(57)64/h1-42H. The van der Waals surface area contributed by atoms with Crippen molar-refractivity contribution in [2.75, 3.05) is 4.90 Å². The maximum atomic E-state index is 2.45. The molecule has 2 heteroatoms. The molecule has 0 saturated heterocycles. The van der Waals surface area contributed by atoms with Gasteiger partial charge < -0.3 is 9.47 Å². The fourth-order valence-corrected chi connectivity index (χ4v) is 9.80. The van der Waals surface area contributed by atoms with E-state index in [4.69, 9.17) is 0 Å². The molecule has 0 fully saturated rings. The van der Waals surface area contributed by atoms with Gasteiger partial charge in [0, 0.05) is 33.4 Å². The van der Waals surface area contributed by atoms with Gasteiger partial charge >= 0.3 is 0 Å². The van der Waals surface area contributed by atoms with Crippen molar-refractivity contribution in [3.05, 3.63) is 255 Å². The van der Waals surface area contributed by atoms with Crippen LogP contribution >= 0.6 is 0 Å². The summed E-state index contributed by atoms with van der Waals surface area (Å²) in [5.41, 5.74) is 16.2. The molecule has 0 saturated carbocycles. The van der Waals surface area contributed by atoms with Crippen LogP contribution in [0.5, 0.6) is 0 Å². The lowest BCUT2D eigenvalue weighted by Gasteiger charge is -2.28. The van der Waals surface area contributed by atoms with Crippen LogP contribution in [0, 0.1) is 0 Å². The second kappa shape index (κ2) is 15.8. The Bertz CT molecular complexity index is 3500. The second-order valence-corrected chi connectivity index (χ2v) is 16.5. The summed E-state index contributed by atoms with van der Waals surface area (Å²) < 4.78 is 2.45. The average molecular weight is 815 g/mol. The summed E-state index contributed by atoms with van der Waals surface area (Å²) in [6.45, 7) is 0. The largest absolute Gasteiger partial charge is 0.310 e. The first-order chi connectivity index (χ1) is 31.8. The van der Waals surface area contributed by atoms with E-state index in [9.17, 15) is 0 Å². The van der Waals surface area contributed by atoms with E-state index in [-0.39, 0.29) is 0 Å². The lowest BCUT2D eigenvalue weighted by molar-refractivity contribution is 1.18. The maximum absolute atomic E-state index is 2.45. The van der Waals surface area contributed by atoms with Crippen LogP contribution in [0.4, 0.5) is 17.1 Å². The van der Waals surface area contributed by atoms with Gasteiger partial charge in [0.25, 0.3) is 0 Å². The molecule has 0 aliphatic heterocycles. The van der Waals surface area contributed by atoms with Crippen molar-refractivity contribution in [1.82, 2.24) is 4.57 Å². The van der Waals surface area contributed by atoms with Gasteiger partial charge in [-0.15, -0.1) is 0 Å². The van der Waals surface area contributed by atoms with Crippen molar-refractivity contribution in [3.63, 3.8) is 0 Å². The zero-order valence-corrected chi connectivity index (χ0v) is 35.1. The lowest BCUT2D eigenvalue weighted by Crippen LogP contribution is -2.10. The van der Waals surface area contributed by atoms with Crippen LogP contribution in [0.3, 0.4) is 0 Å². The summed E-state index contributed by atoms with van der Waals surface area (Å²) in [5, 5.41) is 7.43. The number of para-hydroxylation sites is 3. The first-order valence-corrected chi connectivity index (χ1v) is 22.0. The third kappa shape index (κ3) is 6.44. The van der Waals surface area contributed by atoms with Crippen molar-refractivity contribution in [3.8, 4) is 50.2 Å². The molecule has 1 aromatic heterocycles. The minimum atomic E-state index is 1.07. The molecule has 2 nitrogen and oxygen atoms in total. The first-order valence-electron chi connectivity index (χ1n) is 22.0. The predicted octanol–water partition coefficient (Wildman–Crippen LogP) is 17.2. The fourth-order valence-electron chi connectivity index (χ4n) is 9.80. The summed E-state index contributed by atoms with van der Waals surface area (Å²) in [7, 11) is 0. The minimum Gasteiger partial charge on any atom is -0.310 e. The number of benzene rings is 11. The molecule has 0 amide bonds. The monoisotopic (exact) mass is 814 g/mol. The molecule has 0 radical (unpaired) electrons. The Morgan fingerprint density at radius 3 is 1.31 bits per heavy atom. The zero-order valence-electron chi connectivity index (χ0n) is 35.1. The Morgan fingerprint density at radius 1 is 0.250 bits per heavy atom. The normalized spacial score (nSPS) is 11.4. The summed E-state index contributed by atoms with van der Waals surface area (Å²) in [5.74, 6) is 0. The minimum absolute atomic E-state index is 1.07. The molecule has 12 rings (SSSR count). The molecule has 0 unspecified atom stereocenters. The molecular formula is C62H42N2. The van der Waals surface area contributed by atoms with E-state index in [1.165, 1.54) is 87.9 Å². The van der Waals surface area contributed by atoms with Gasteiger partial charge in [-0.2, -0.15) is 0 Å². The number of nitrogens with zero attached hydrogens (tertiary/aromatic N) is 2. The molecule has 0 spiro atoms. The molecule has 0 bridgehead atoms. The molecule has 0 aliphatic rings. The molecule has 64 heavy (non-hydrogen) atoms. The highest BCUT2D eigenvalue weighted by atomic mass is 15.1. The van der Waals surface area contributed by atoms with Gasteiger partial charge in [-0.05, 0) is 121 Å². The Morgan fingerprint density at radius 2 is 0.703 bits per heavy atom. The molecule has 0 aliphatic carbocycles. The van der Waals surface area contributed by atoms with Crippen LogP contribution < -0.4 is 4.90 Å². The average Bonchev–Trinajstić information content (AvgIpc) is 3.71. The van der Waals surface area contributed by atoms with Crippen LogP contribution in [-0.2, 0) is 0 Å². The van der Waals surface area contributed by atoms with E-state index in [1.807, 2.05) is 0 Å². The maximum Gasteiger partial charge on any atom is 0.0541 e. The summed E-state index contributed by atoms with van der Waals surface area (Å²) >= 11 is 0. The van der Waals surface area contributed by atoms with Crippen LogP contribution in [0.1, 0.15) is 0 Å². The SMILES string of the molecule is c1ccc(-c2ccc(N(c3ccc(-c4ccccc4)cc3)c3ccc(-c4ccccc4-n4c5ccccc5c5ccccc54)c(-c4cc5ccccc5c5ccccc45)c3)cc2)cc1. The molecule has 0 atom stereocenters. The molecule has 12 aromatic rings. The van der Waals surface area contributed by atoms with Crippen molar-refractivity contribution in [1.29, 1.82) is 0 Å². The van der Waals surface area contributed by atoms with Crippen LogP contribution in [-0.4, -0.2) is 4.57 Å². The van der Waals surface area contributed by atoms with Gasteiger partial charge in [0.15, 0.2) is 0 Å². The first kappa shape index (κ1) is 37.3.